The standard InChI is InChI=1S/C8H5ClF3NO/c9-2-6-5(3-14)4(8(11)12)1-7(10)13-6/h1,3,8H,2H2. The average molecular weight is 224 g/mol. The second-order valence-corrected chi connectivity index (χ2v) is 2.71. The fraction of sp³-hybridized carbons (Fsp3) is 0.250. The van der Waals surface area contributed by atoms with Crippen LogP contribution in [0.5, 0.6) is 0 Å². The summed E-state index contributed by atoms with van der Waals surface area (Å²) in [6.45, 7) is 0. The highest BCUT2D eigenvalue weighted by Gasteiger charge is 2.18. The maximum absolute atomic E-state index is 12.7. The molecule has 0 radical (unpaired) electrons. The molecule has 0 aliphatic heterocycles. The zero-order chi connectivity index (χ0) is 10.7. The van der Waals surface area contributed by atoms with Crippen molar-refractivity contribution in [2.24, 2.45) is 0 Å². The van der Waals surface area contributed by atoms with Gasteiger partial charge in [0.2, 0.25) is 5.95 Å². The molecule has 2 nitrogen and oxygen atoms in total. The first kappa shape index (κ1) is 11.0. The Kier molecular flexibility index (Phi) is 3.46. The van der Waals surface area contributed by atoms with Gasteiger partial charge in [0.15, 0.2) is 6.29 Å². The third-order valence-corrected chi connectivity index (χ3v) is 1.87. The molecule has 6 heteroatoms. The van der Waals surface area contributed by atoms with E-state index in [1.807, 2.05) is 0 Å². The van der Waals surface area contributed by atoms with Gasteiger partial charge < -0.3 is 0 Å². The van der Waals surface area contributed by atoms with E-state index < -0.39 is 17.9 Å². The minimum absolute atomic E-state index is 0.169. The Hall–Kier alpha value is -1.10. The normalized spacial score (nSPS) is 10.6. The highest BCUT2D eigenvalue weighted by atomic mass is 35.5. The van der Waals surface area contributed by atoms with Crippen molar-refractivity contribution in [1.82, 2.24) is 4.98 Å². The van der Waals surface area contributed by atoms with Crippen molar-refractivity contribution in [2.45, 2.75) is 12.3 Å². The average Bonchev–Trinajstić information content (AvgIpc) is 2.16. The molecule has 0 aliphatic carbocycles. The van der Waals surface area contributed by atoms with E-state index in [2.05, 4.69) is 4.98 Å². The van der Waals surface area contributed by atoms with Gasteiger partial charge in [-0.15, -0.1) is 11.6 Å². The van der Waals surface area contributed by atoms with Gasteiger partial charge in [0.05, 0.1) is 11.6 Å². The van der Waals surface area contributed by atoms with Gasteiger partial charge in [-0.1, -0.05) is 0 Å². The number of aromatic nitrogens is 1. The Morgan fingerprint density at radius 2 is 2.21 bits per heavy atom. The van der Waals surface area contributed by atoms with E-state index in [-0.39, 0.29) is 23.4 Å². The van der Waals surface area contributed by atoms with E-state index in [9.17, 15) is 18.0 Å². The first-order chi connectivity index (χ1) is 6.60. The molecular weight excluding hydrogens is 219 g/mol. The van der Waals surface area contributed by atoms with Crippen molar-refractivity contribution in [3.05, 3.63) is 28.8 Å². The summed E-state index contributed by atoms with van der Waals surface area (Å²) in [5.74, 6) is -1.35. The van der Waals surface area contributed by atoms with Crippen LogP contribution in [0, 0.1) is 5.95 Å². The van der Waals surface area contributed by atoms with Crippen LogP contribution < -0.4 is 0 Å². The van der Waals surface area contributed by atoms with E-state index in [1.54, 1.807) is 0 Å². The predicted octanol–water partition coefficient (Wildman–Crippen LogP) is 2.71. The number of alkyl halides is 3. The Balaban J connectivity index is 3.39. The number of pyridine rings is 1. The molecule has 0 bridgehead atoms. The van der Waals surface area contributed by atoms with Crippen LogP contribution >= 0.6 is 11.6 Å². The number of hydrogen-bond acceptors (Lipinski definition) is 2. The second-order valence-electron chi connectivity index (χ2n) is 2.45. The van der Waals surface area contributed by atoms with Gasteiger partial charge in [0, 0.05) is 17.2 Å². The molecule has 0 saturated carbocycles. The minimum Gasteiger partial charge on any atom is -0.298 e. The van der Waals surface area contributed by atoms with E-state index in [0.29, 0.717) is 6.07 Å². The van der Waals surface area contributed by atoms with Crippen LogP contribution in [0.3, 0.4) is 0 Å². The van der Waals surface area contributed by atoms with Crippen LogP contribution in [0.15, 0.2) is 6.07 Å². The summed E-state index contributed by atoms with van der Waals surface area (Å²) in [5.41, 5.74) is -1.18. The van der Waals surface area contributed by atoms with Gasteiger partial charge in [0.1, 0.15) is 0 Å². The molecule has 0 atom stereocenters. The molecule has 0 N–H and O–H groups in total. The van der Waals surface area contributed by atoms with Gasteiger partial charge in [-0.25, -0.2) is 13.8 Å². The minimum atomic E-state index is -2.92. The third-order valence-electron chi connectivity index (χ3n) is 1.62. The topological polar surface area (TPSA) is 30.0 Å². The number of hydrogen-bond donors (Lipinski definition) is 0. The van der Waals surface area contributed by atoms with Crippen molar-refractivity contribution in [2.75, 3.05) is 0 Å². The van der Waals surface area contributed by atoms with Gasteiger partial charge in [-0.05, 0) is 0 Å². The van der Waals surface area contributed by atoms with E-state index in [0.717, 1.165) is 0 Å². The molecule has 76 valence electrons. The molecule has 1 aromatic heterocycles. The number of carbonyl (C=O) groups is 1. The SMILES string of the molecule is O=Cc1c(C(F)F)cc(F)nc1CCl. The van der Waals surface area contributed by atoms with Crippen LogP contribution in [0.1, 0.15) is 28.0 Å². The smallest absolute Gasteiger partial charge is 0.264 e. The lowest BCUT2D eigenvalue weighted by Crippen LogP contribution is -2.03. The van der Waals surface area contributed by atoms with Crippen LogP contribution in [0.25, 0.3) is 0 Å². The summed E-state index contributed by atoms with van der Waals surface area (Å²) >= 11 is 5.33. The summed E-state index contributed by atoms with van der Waals surface area (Å²) in [4.78, 5) is 13.7. The number of rotatable bonds is 3. The number of halogens is 4. The molecule has 0 unspecified atom stereocenters. The van der Waals surface area contributed by atoms with Crippen molar-refractivity contribution in [1.29, 1.82) is 0 Å². The predicted molar refractivity (Wildman–Crippen MR) is 44.1 cm³/mol. The quantitative estimate of drug-likeness (QED) is 0.448. The van der Waals surface area contributed by atoms with Gasteiger partial charge in [0.25, 0.3) is 6.43 Å². The van der Waals surface area contributed by atoms with E-state index in [1.165, 1.54) is 0 Å². The van der Waals surface area contributed by atoms with Crippen molar-refractivity contribution < 1.29 is 18.0 Å². The third kappa shape index (κ3) is 2.04. The number of carbonyl (C=O) groups excluding carboxylic acids is 1. The van der Waals surface area contributed by atoms with Crippen molar-refractivity contribution in [3.63, 3.8) is 0 Å². The van der Waals surface area contributed by atoms with Crippen LogP contribution in [-0.2, 0) is 5.88 Å². The summed E-state index contributed by atoms with van der Waals surface area (Å²) < 4.78 is 37.3. The summed E-state index contributed by atoms with van der Waals surface area (Å²) in [7, 11) is 0. The lowest BCUT2D eigenvalue weighted by atomic mass is 10.1. The number of nitrogens with zero attached hydrogens (tertiary/aromatic N) is 1. The van der Waals surface area contributed by atoms with E-state index >= 15 is 0 Å². The fourth-order valence-electron chi connectivity index (χ4n) is 1.01. The monoisotopic (exact) mass is 223 g/mol. The first-order valence-corrected chi connectivity index (χ1v) is 4.12. The molecule has 14 heavy (non-hydrogen) atoms. The Morgan fingerprint density at radius 3 is 2.64 bits per heavy atom. The van der Waals surface area contributed by atoms with Gasteiger partial charge in [-0.2, -0.15) is 4.39 Å². The van der Waals surface area contributed by atoms with Crippen LogP contribution in [0.2, 0.25) is 0 Å². The molecule has 0 amide bonds. The number of aldehydes is 1. The molecule has 0 saturated heterocycles. The maximum atomic E-state index is 12.7. The highest BCUT2D eigenvalue weighted by Crippen LogP contribution is 2.24. The van der Waals surface area contributed by atoms with Gasteiger partial charge in [-0.3, -0.25) is 4.79 Å². The van der Waals surface area contributed by atoms with Gasteiger partial charge >= 0.3 is 0 Å². The fourth-order valence-corrected chi connectivity index (χ4v) is 1.22. The highest BCUT2D eigenvalue weighted by molar-refractivity contribution is 6.17. The zero-order valence-electron chi connectivity index (χ0n) is 6.81. The molecule has 1 rings (SSSR count). The largest absolute Gasteiger partial charge is 0.298 e. The maximum Gasteiger partial charge on any atom is 0.264 e. The van der Waals surface area contributed by atoms with Crippen LogP contribution in [-0.4, -0.2) is 11.3 Å². The van der Waals surface area contributed by atoms with Crippen molar-refractivity contribution in [3.8, 4) is 0 Å². The van der Waals surface area contributed by atoms with Crippen LogP contribution in [0.4, 0.5) is 13.2 Å². The summed E-state index contributed by atoms with van der Waals surface area (Å²) in [6, 6.07) is 0.532. The zero-order valence-corrected chi connectivity index (χ0v) is 7.56. The molecule has 0 spiro atoms. The molecule has 0 aromatic carbocycles. The van der Waals surface area contributed by atoms with E-state index in [4.69, 9.17) is 11.6 Å². The molecule has 0 fully saturated rings. The molecular formula is C8H5ClF3NO. The first-order valence-electron chi connectivity index (χ1n) is 3.58. The summed E-state index contributed by atoms with van der Waals surface area (Å²) in [6.07, 6.45) is -2.72. The molecule has 1 heterocycles. The van der Waals surface area contributed by atoms with Crippen molar-refractivity contribution >= 4 is 17.9 Å². The lowest BCUT2D eigenvalue weighted by molar-refractivity contribution is 0.110. The lowest BCUT2D eigenvalue weighted by Gasteiger charge is -2.06. The summed E-state index contributed by atoms with van der Waals surface area (Å²) in [5, 5.41) is 0. The Morgan fingerprint density at radius 1 is 1.57 bits per heavy atom. The Bertz CT molecular complexity index is 357. The Labute approximate surface area is 82.7 Å². The second kappa shape index (κ2) is 4.41. The molecule has 0 aliphatic rings. The molecule has 1 aromatic rings.